The predicted molar refractivity (Wildman–Crippen MR) is 73.9 cm³/mol. The molecule has 1 aromatic rings. The van der Waals surface area contributed by atoms with Crippen molar-refractivity contribution in [3.05, 3.63) is 15.4 Å². The fourth-order valence-corrected chi connectivity index (χ4v) is 5.86. The molecule has 2 rings (SSSR count). The van der Waals surface area contributed by atoms with Gasteiger partial charge in [-0.1, -0.05) is 0 Å². The maximum Gasteiger partial charge on any atom is 0.252 e. The van der Waals surface area contributed by atoms with E-state index in [9.17, 15) is 8.42 Å². The quantitative estimate of drug-likeness (QED) is 0.825. The molecule has 1 fully saturated rings. The largest absolute Gasteiger partial charge is 0.252 e. The highest BCUT2D eigenvalue weighted by molar-refractivity contribution is 9.11. The number of piperidine rings is 1. The summed E-state index contributed by atoms with van der Waals surface area (Å²) in [6.45, 7) is 2.69. The standard InChI is InChI=1S/C11H13BrN2O2S2/c1-8-5-10(17-11(8)12)18(15,16)14-4-2-3-9(6-13)7-14/h5,9H,2-4,7H2,1H3. The Balaban J connectivity index is 2.29. The third-order valence-corrected chi connectivity index (χ3v) is 7.45. The van der Waals surface area contributed by atoms with E-state index >= 15 is 0 Å². The van der Waals surface area contributed by atoms with Gasteiger partial charge in [-0.2, -0.15) is 9.57 Å². The van der Waals surface area contributed by atoms with Gasteiger partial charge < -0.3 is 0 Å². The predicted octanol–water partition coefficient (Wildman–Crippen LogP) is 2.74. The smallest absolute Gasteiger partial charge is 0.206 e. The summed E-state index contributed by atoms with van der Waals surface area (Å²) in [5.74, 6) is -0.182. The minimum Gasteiger partial charge on any atom is -0.206 e. The van der Waals surface area contributed by atoms with Crippen molar-refractivity contribution in [1.29, 1.82) is 5.26 Å². The van der Waals surface area contributed by atoms with Crippen LogP contribution in [-0.4, -0.2) is 25.8 Å². The van der Waals surface area contributed by atoms with Gasteiger partial charge in [-0.05, 0) is 47.3 Å². The molecule has 98 valence electrons. The molecule has 0 bridgehead atoms. The van der Waals surface area contributed by atoms with Gasteiger partial charge in [-0.25, -0.2) is 8.42 Å². The van der Waals surface area contributed by atoms with E-state index < -0.39 is 10.0 Å². The maximum atomic E-state index is 12.4. The molecule has 1 aromatic heterocycles. The topological polar surface area (TPSA) is 61.2 Å². The Morgan fingerprint density at radius 1 is 1.61 bits per heavy atom. The van der Waals surface area contributed by atoms with Crippen LogP contribution in [0.1, 0.15) is 18.4 Å². The second-order valence-corrected chi connectivity index (χ2v) is 8.89. The first-order valence-corrected chi connectivity index (χ1v) is 8.66. The van der Waals surface area contributed by atoms with Gasteiger partial charge in [0.15, 0.2) is 0 Å². The highest BCUT2D eigenvalue weighted by Gasteiger charge is 2.31. The lowest BCUT2D eigenvalue weighted by atomic mass is 10.0. The highest BCUT2D eigenvalue weighted by atomic mass is 79.9. The van der Waals surface area contributed by atoms with Crippen molar-refractivity contribution in [3.8, 4) is 6.07 Å². The summed E-state index contributed by atoms with van der Waals surface area (Å²) < 4.78 is 27.5. The zero-order valence-electron chi connectivity index (χ0n) is 9.89. The summed E-state index contributed by atoms with van der Waals surface area (Å²) >= 11 is 4.57. The van der Waals surface area contributed by atoms with Crippen LogP contribution in [0, 0.1) is 24.2 Å². The SMILES string of the molecule is Cc1cc(S(=O)(=O)N2CCCC(C#N)C2)sc1Br. The second kappa shape index (κ2) is 5.29. The van der Waals surface area contributed by atoms with E-state index in [0.717, 1.165) is 22.2 Å². The van der Waals surface area contributed by atoms with Crippen molar-refractivity contribution in [2.45, 2.75) is 24.0 Å². The molecule has 0 aromatic carbocycles. The first-order chi connectivity index (χ1) is 8.45. The number of nitriles is 1. The molecule has 1 saturated heterocycles. The van der Waals surface area contributed by atoms with Gasteiger partial charge in [-0.15, -0.1) is 11.3 Å². The average molecular weight is 349 g/mol. The minimum atomic E-state index is -3.44. The molecular formula is C11H13BrN2O2S2. The molecule has 0 aliphatic carbocycles. The van der Waals surface area contributed by atoms with Crippen molar-refractivity contribution < 1.29 is 8.42 Å². The van der Waals surface area contributed by atoms with Gasteiger partial charge in [0.1, 0.15) is 4.21 Å². The summed E-state index contributed by atoms with van der Waals surface area (Å²) in [6.07, 6.45) is 1.54. The molecule has 1 unspecified atom stereocenters. The number of hydrogen-bond donors (Lipinski definition) is 0. The fourth-order valence-electron chi connectivity index (χ4n) is 1.95. The van der Waals surface area contributed by atoms with Crippen LogP contribution in [0.25, 0.3) is 0 Å². The Morgan fingerprint density at radius 2 is 2.33 bits per heavy atom. The lowest BCUT2D eigenvalue weighted by Crippen LogP contribution is -2.39. The van der Waals surface area contributed by atoms with Gasteiger partial charge in [-0.3, -0.25) is 0 Å². The normalized spacial score (nSPS) is 21.7. The van der Waals surface area contributed by atoms with E-state index in [4.69, 9.17) is 5.26 Å². The molecule has 0 N–H and O–H groups in total. The number of nitrogens with zero attached hydrogens (tertiary/aromatic N) is 2. The first-order valence-electron chi connectivity index (χ1n) is 5.61. The van der Waals surface area contributed by atoms with Crippen molar-refractivity contribution >= 4 is 37.3 Å². The molecule has 1 aliphatic rings. The molecule has 1 aliphatic heterocycles. The lowest BCUT2D eigenvalue weighted by Gasteiger charge is -2.28. The molecule has 1 atom stereocenters. The Hall–Kier alpha value is -0.420. The van der Waals surface area contributed by atoms with E-state index in [2.05, 4.69) is 22.0 Å². The molecule has 18 heavy (non-hydrogen) atoms. The summed E-state index contributed by atoms with van der Waals surface area (Å²) in [5, 5.41) is 8.92. The molecule has 0 radical (unpaired) electrons. The number of sulfonamides is 1. The van der Waals surface area contributed by atoms with Crippen LogP contribution in [0.3, 0.4) is 0 Å². The number of thiophene rings is 1. The number of aryl methyl sites for hydroxylation is 1. The van der Waals surface area contributed by atoms with Crippen molar-refractivity contribution in [3.63, 3.8) is 0 Å². The third-order valence-electron chi connectivity index (χ3n) is 3.00. The van der Waals surface area contributed by atoms with Gasteiger partial charge in [0.25, 0.3) is 10.0 Å². The van der Waals surface area contributed by atoms with Crippen LogP contribution in [0.4, 0.5) is 0 Å². The van der Waals surface area contributed by atoms with Crippen molar-refractivity contribution in [1.82, 2.24) is 4.31 Å². The van der Waals surface area contributed by atoms with Crippen LogP contribution < -0.4 is 0 Å². The second-order valence-electron chi connectivity index (χ2n) is 4.35. The van der Waals surface area contributed by atoms with Gasteiger partial charge >= 0.3 is 0 Å². The maximum absolute atomic E-state index is 12.4. The van der Waals surface area contributed by atoms with E-state index in [1.165, 1.54) is 15.6 Å². The molecule has 2 heterocycles. The monoisotopic (exact) mass is 348 g/mol. The molecule has 0 spiro atoms. The molecule has 7 heteroatoms. The fraction of sp³-hybridized carbons (Fsp3) is 0.545. The van der Waals surface area contributed by atoms with Crippen LogP contribution in [0.15, 0.2) is 14.1 Å². The van der Waals surface area contributed by atoms with Crippen LogP contribution >= 0.6 is 27.3 Å². The average Bonchev–Trinajstić information content (AvgIpc) is 2.70. The minimum absolute atomic E-state index is 0.182. The van der Waals surface area contributed by atoms with Crippen molar-refractivity contribution in [2.75, 3.05) is 13.1 Å². The van der Waals surface area contributed by atoms with Gasteiger partial charge in [0.05, 0.1) is 15.8 Å². The summed E-state index contributed by atoms with van der Waals surface area (Å²) in [7, 11) is -3.44. The molecular weight excluding hydrogens is 336 g/mol. The van der Waals surface area contributed by atoms with E-state index in [-0.39, 0.29) is 5.92 Å². The Kier molecular flexibility index (Phi) is 4.11. The summed E-state index contributed by atoms with van der Waals surface area (Å²) in [5.41, 5.74) is 0.924. The lowest BCUT2D eigenvalue weighted by molar-refractivity contribution is 0.305. The first kappa shape index (κ1) is 14.0. The van der Waals surface area contributed by atoms with E-state index in [1.54, 1.807) is 6.07 Å². The molecule has 4 nitrogen and oxygen atoms in total. The van der Waals surface area contributed by atoms with E-state index in [0.29, 0.717) is 17.3 Å². The van der Waals surface area contributed by atoms with Gasteiger partial charge in [0, 0.05) is 13.1 Å². The highest BCUT2D eigenvalue weighted by Crippen LogP contribution is 2.33. The zero-order chi connectivity index (χ0) is 13.3. The number of hydrogen-bond acceptors (Lipinski definition) is 4. The number of rotatable bonds is 2. The summed E-state index contributed by atoms with van der Waals surface area (Å²) in [4.78, 5) is 0. The van der Waals surface area contributed by atoms with Crippen molar-refractivity contribution in [2.24, 2.45) is 5.92 Å². The summed E-state index contributed by atoms with van der Waals surface area (Å²) in [6, 6.07) is 3.84. The molecule has 0 amide bonds. The van der Waals surface area contributed by atoms with Crippen LogP contribution in [0.5, 0.6) is 0 Å². The zero-order valence-corrected chi connectivity index (χ0v) is 13.1. The van der Waals surface area contributed by atoms with Gasteiger partial charge in [0.2, 0.25) is 0 Å². The molecule has 0 saturated carbocycles. The number of halogens is 1. The Bertz CT molecular complexity index is 569. The van der Waals surface area contributed by atoms with Crippen LogP contribution in [0.2, 0.25) is 0 Å². The van der Waals surface area contributed by atoms with Crippen LogP contribution in [-0.2, 0) is 10.0 Å². The van der Waals surface area contributed by atoms with E-state index in [1.807, 2.05) is 6.92 Å². The third kappa shape index (κ3) is 2.62. The Morgan fingerprint density at radius 3 is 2.89 bits per heavy atom. The Labute approximate surface area is 119 Å².